The zero-order valence-corrected chi connectivity index (χ0v) is 23.1. The van der Waals surface area contributed by atoms with Crippen molar-refractivity contribution in [1.29, 1.82) is 0 Å². The van der Waals surface area contributed by atoms with Crippen LogP contribution in [0.3, 0.4) is 0 Å². The van der Waals surface area contributed by atoms with Crippen LogP contribution < -0.4 is 21.1 Å². The number of rotatable bonds is 9. The summed E-state index contributed by atoms with van der Waals surface area (Å²) in [4.78, 5) is 13.4. The van der Waals surface area contributed by atoms with E-state index in [1.165, 1.54) is 11.1 Å². The summed E-state index contributed by atoms with van der Waals surface area (Å²) in [6.07, 6.45) is 1.95. The fourth-order valence-electron chi connectivity index (χ4n) is 5.54. The van der Waals surface area contributed by atoms with Crippen LogP contribution in [0.15, 0.2) is 84.9 Å². The van der Waals surface area contributed by atoms with Gasteiger partial charge in [-0.25, -0.2) is 0 Å². The Hall–Kier alpha value is -4.29. The van der Waals surface area contributed by atoms with Gasteiger partial charge in [0.15, 0.2) is 0 Å². The molecule has 0 bridgehead atoms. The molecule has 206 valence electrons. The highest BCUT2D eigenvalue weighted by Crippen LogP contribution is 2.35. The largest absolute Gasteiger partial charge is 0.508 e. The van der Waals surface area contributed by atoms with Gasteiger partial charge in [0.1, 0.15) is 18.1 Å². The number of para-hydroxylation sites is 1. The quantitative estimate of drug-likeness (QED) is 0.220. The highest BCUT2D eigenvalue weighted by atomic mass is 16.5. The van der Waals surface area contributed by atoms with Gasteiger partial charge >= 0.3 is 0 Å². The van der Waals surface area contributed by atoms with Gasteiger partial charge in [-0.1, -0.05) is 54.6 Å². The molecule has 1 aliphatic heterocycles. The van der Waals surface area contributed by atoms with E-state index in [0.717, 1.165) is 58.6 Å². The van der Waals surface area contributed by atoms with Crippen molar-refractivity contribution in [1.82, 2.24) is 5.32 Å². The maximum atomic E-state index is 13.4. The number of aryl methyl sites for hydroxylation is 2. The minimum absolute atomic E-state index is 0.164. The fraction of sp³-hybridized carbons (Fsp3) is 0.265. The van der Waals surface area contributed by atoms with Crippen molar-refractivity contribution in [2.75, 3.05) is 11.9 Å². The van der Waals surface area contributed by atoms with E-state index < -0.39 is 6.04 Å². The van der Waals surface area contributed by atoms with Crippen LogP contribution >= 0.6 is 0 Å². The molecule has 4 aromatic rings. The van der Waals surface area contributed by atoms with Crippen molar-refractivity contribution >= 4 is 11.6 Å². The normalized spacial score (nSPS) is 15.0. The first-order chi connectivity index (χ1) is 19.4. The number of fused-ring (bicyclic) bond motifs is 1. The van der Waals surface area contributed by atoms with Gasteiger partial charge in [-0.05, 0) is 96.8 Å². The monoisotopic (exact) mass is 535 g/mol. The summed E-state index contributed by atoms with van der Waals surface area (Å²) in [5.41, 5.74) is 14.8. The lowest BCUT2D eigenvalue weighted by molar-refractivity contribution is -0.123. The number of aromatic hydroxyl groups is 1. The molecule has 1 aliphatic rings. The van der Waals surface area contributed by atoms with Crippen molar-refractivity contribution in [2.24, 2.45) is 5.73 Å². The average Bonchev–Trinajstić information content (AvgIpc) is 2.95. The number of phenolic OH excluding ortho intramolecular Hbond substituents is 1. The molecule has 0 aromatic heterocycles. The highest BCUT2D eigenvalue weighted by molar-refractivity contribution is 5.83. The summed E-state index contributed by atoms with van der Waals surface area (Å²) >= 11 is 0. The molecular formula is C34H37N3O3. The molecule has 6 nitrogen and oxygen atoms in total. The molecule has 4 aromatic carbocycles. The van der Waals surface area contributed by atoms with Gasteiger partial charge in [0.25, 0.3) is 0 Å². The predicted octanol–water partition coefficient (Wildman–Crippen LogP) is 5.72. The summed E-state index contributed by atoms with van der Waals surface area (Å²) in [5, 5.41) is 16.7. The Bertz CT molecular complexity index is 1450. The molecule has 0 aliphatic carbocycles. The van der Waals surface area contributed by atoms with E-state index in [1.54, 1.807) is 12.1 Å². The highest BCUT2D eigenvalue weighted by Gasteiger charge is 2.27. The number of hydrogen-bond donors (Lipinski definition) is 4. The van der Waals surface area contributed by atoms with Crippen LogP contribution in [-0.2, 0) is 24.2 Å². The molecule has 40 heavy (non-hydrogen) atoms. The number of anilines is 1. The number of ether oxygens (including phenoxy) is 1. The lowest BCUT2D eigenvalue weighted by Crippen LogP contribution is -2.45. The van der Waals surface area contributed by atoms with Crippen LogP contribution in [0.5, 0.6) is 11.5 Å². The molecule has 2 atom stereocenters. The number of nitrogens with two attached hydrogens (primary N) is 1. The maximum Gasteiger partial charge on any atom is 0.237 e. The van der Waals surface area contributed by atoms with Crippen LogP contribution in [0.2, 0.25) is 0 Å². The van der Waals surface area contributed by atoms with Gasteiger partial charge in [0, 0.05) is 17.8 Å². The maximum absolute atomic E-state index is 13.4. The molecule has 6 heteroatoms. The number of hydrogen-bond acceptors (Lipinski definition) is 5. The van der Waals surface area contributed by atoms with Gasteiger partial charge < -0.3 is 26.2 Å². The summed E-state index contributed by atoms with van der Waals surface area (Å²) in [5.74, 6) is 0.859. The Morgan fingerprint density at radius 2 is 1.68 bits per heavy atom. The van der Waals surface area contributed by atoms with E-state index >= 15 is 0 Å². The lowest BCUT2D eigenvalue weighted by Gasteiger charge is -2.31. The Morgan fingerprint density at radius 1 is 1.00 bits per heavy atom. The molecule has 0 fully saturated rings. The minimum Gasteiger partial charge on any atom is -0.508 e. The Morgan fingerprint density at radius 3 is 2.38 bits per heavy atom. The minimum atomic E-state index is -0.700. The van der Waals surface area contributed by atoms with Crippen molar-refractivity contribution in [2.45, 2.75) is 51.8 Å². The molecule has 0 saturated carbocycles. The average molecular weight is 536 g/mol. The standard InChI is InChI=1S/C34H37N3O3/c1-22-15-27(38)16-23(2)29(22)20-31(35)34(39)37-32-13-14-36-33-26(21-40-28-11-7-4-8-12-28)18-25(19-30(32)33)17-24-9-5-3-6-10-24/h3-12,15-16,18-19,31-32,36,38H,13-14,17,20-21,35H2,1-2H3,(H,37,39)/t31-,32+/m0/s1. The SMILES string of the molecule is Cc1cc(O)cc(C)c1C[C@H](N)C(=O)N[C@@H]1CCNc2c(COc3ccccc3)cc(Cc3ccccc3)cc21. The van der Waals surface area contributed by atoms with Crippen molar-refractivity contribution < 1.29 is 14.6 Å². The second-order valence-electron chi connectivity index (χ2n) is 10.6. The third-order valence-corrected chi connectivity index (χ3v) is 7.57. The Balaban J connectivity index is 1.39. The first-order valence-electron chi connectivity index (χ1n) is 13.8. The van der Waals surface area contributed by atoms with E-state index in [9.17, 15) is 9.90 Å². The molecule has 0 radical (unpaired) electrons. The summed E-state index contributed by atoms with van der Waals surface area (Å²) in [7, 11) is 0. The third-order valence-electron chi connectivity index (χ3n) is 7.57. The van der Waals surface area contributed by atoms with Gasteiger partial charge in [-0.3, -0.25) is 4.79 Å². The predicted molar refractivity (Wildman–Crippen MR) is 160 cm³/mol. The Kier molecular flexibility index (Phi) is 8.37. The first-order valence-corrected chi connectivity index (χ1v) is 13.8. The van der Waals surface area contributed by atoms with Crippen LogP contribution in [0.25, 0.3) is 0 Å². The molecule has 0 saturated heterocycles. The van der Waals surface area contributed by atoms with Crippen LogP contribution in [0, 0.1) is 13.8 Å². The molecular weight excluding hydrogens is 498 g/mol. The van der Waals surface area contributed by atoms with Gasteiger partial charge in [-0.15, -0.1) is 0 Å². The van der Waals surface area contributed by atoms with Crippen LogP contribution in [-0.4, -0.2) is 23.6 Å². The second kappa shape index (κ2) is 12.3. The molecule has 5 N–H and O–H groups in total. The van der Waals surface area contributed by atoms with Gasteiger partial charge in [0.2, 0.25) is 5.91 Å². The number of phenols is 1. The topological polar surface area (TPSA) is 96.6 Å². The lowest BCUT2D eigenvalue weighted by atomic mass is 9.90. The van der Waals surface area contributed by atoms with E-state index in [0.29, 0.717) is 13.0 Å². The number of carbonyl (C=O) groups is 1. The number of amides is 1. The van der Waals surface area contributed by atoms with Crippen molar-refractivity contribution in [3.63, 3.8) is 0 Å². The van der Waals surface area contributed by atoms with Crippen molar-refractivity contribution in [3.05, 3.63) is 124 Å². The smallest absolute Gasteiger partial charge is 0.237 e. The summed E-state index contributed by atoms with van der Waals surface area (Å²) < 4.78 is 6.15. The van der Waals surface area contributed by atoms with Crippen LogP contribution in [0.1, 0.15) is 51.4 Å². The van der Waals surface area contributed by atoms with E-state index in [-0.39, 0.29) is 17.7 Å². The second-order valence-corrected chi connectivity index (χ2v) is 10.6. The van der Waals surface area contributed by atoms with Gasteiger partial charge in [0.05, 0.1) is 12.1 Å². The van der Waals surface area contributed by atoms with Crippen molar-refractivity contribution in [3.8, 4) is 11.5 Å². The number of benzene rings is 4. The summed E-state index contributed by atoms with van der Waals surface area (Å²) in [6, 6.07) is 27.2. The molecule has 0 spiro atoms. The van der Waals surface area contributed by atoms with Gasteiger partial charge in [-0.2, -0.15) is 0 Å². The molecule has 1 heterocycles. The zero-order chi connectivity index (χ0) is 28.1. The first kappa shape index (κ1) is 27.3. The molecule has 5 rings (SSSR count). The molecule has 1 amide bonds. The van der Waals surface area contributed by atoms with E-state index in [1.807, 2.05) is 50.2 Å². The van der Waals surface area contributed by atoms with Crippen LogP contribution in [0.4, 0.5) is 5.69 Å². The number of nitrogens with one attached hydrogen (secondary N) is 2. The third kappa shape index (κ3) is 6.46. The Labute approximate surface area is 236 Å². The number of carbonyl (C=O) groups excluding carboxylic acids is 1. The van der Waals surface area contributed by atoms with E-state index in [2.05, 4.69) is 47.0 Å². The summed E-state index contributed by atoms with van der Waals surface area (Å²) in [6.45, 7) is 5.02. The zero-order valence-electron chi connectivity index (χ0n) is 23.1. The fourth-order valence-corrected chi connectivity index (χ4v) is 5.54. The molecule has 0 unspecified atom stereocenters. The van der Waals surface area contributed by atoms with E-state index in [4.69, 9.17) is 10.5 Å².